The zero-order valence-corrected chi connectivity index (χ0v) is 12.6. The van der Waals surface area contributed by atoms with E-state index >= 15 is 0 Å². The first-order chi connectivity index (χ1) is 9.97. The van der Waals surface area contributed by atoms with Gasteiger partial charge in [0.1, 0.15) is 5.82 Å². The van der Waals surface area contributed by atoms with Crippen molar-refractivity contribution in [2.24, 2.45) is 0 Å². The third kappa shape index (κ3) is 4.05. The van der Waals surface area contributed by atoms with Crippen LogP contribution in [0.3, 0.4) is 0 Å². The first kappa shape index (κ1) is 15.5. The van der Waals surface area contributed by atoms with E-state index in [4.69, 9.17) is 10.8 Å². The zero-order valence-electron chi connectivity index (χ0n) is 12.6. The molecule has 0 aliphatic carbocycles. The number of hydrogen-bond donors (Lipinski definition) is 2. The predicted molar refractivity (Wildman–Crippen MR) is 82.8 cm³/mol. The minimum absolute atomic E-state index is 0.120. The summed E-state index contributed by atoms with van der Waals surface area (Å²) in [5, 5.41) is 9.11. The summed E-state index contributed by atoms with van der Waals surface area (Å²) in [6.45, 7) is 5.72. The van der Waals surface area contributed by atoms with Gasteiger partial charge in [-0.3, -0.25) is 4.90 Å². The lowest BCUT2D eigenvalue weighted by molar-refractivity contribution is 0.0698. The molecule has 21 heavy (non-hydrogen) atoms. The summed E-state index contributed by atoms with van der Waals surface area (Å²) >= 11 is 0. The molecule has 2 rings (SSSR count). The highest BCUT2D eigenvalue weighted by Gasteiger charge is 2.19. The number of likely N-dealkylation sites (N-methyl/N-ethyl adjacent to an activating group) is 1. The van der Waals surface area contributed by atoms with E-state index in [2.05, 4.69) is 33.8 Å². The van der Waals surface area contributed by atoms with Crippen molar-refractivity contribution in [3.05, 3.63) is 17.8 Å². The number of nitrogens with zero attached hydrogens (tertiary/aromatic N) is 4. The average Bonchev–Trinajstić information content (AvgIpc) is 2.46. The minimum atomic E-state index is -1.01. The number of rotatable bonds is 5. The number of carboxylic acid groups (broad SMARTS) is 1. The maximum Gasteiger partial charge on any atom is 0.337 e. The van der Waals surface area contributed by atoms with Crippen LogP contribution in [0.15, 0.2) is 12.3 Å². The molecule has 0 aromatic carbocycles. The normalized spacial score (nSPS) is 16.4. The summed E-state index contributed by atoms with van der Waals surface area (Å²) < 4.78 is 0. The number of anilines is 2. The number of pyridine rings is 1. The third-order valence-electron chi connectivity index (χ3n) is 3.71. The molecular formula is C14H23N5O2. The van der Waals surface area contributed by atoms with E-state index in [-0.39, 0.29) is 11.3 Å². The molecule has 1 aromatic rings. The SMILES string of the molecule is CN(C)CCN1CCN(c2cc(C(=O)O)c(N)cn2)CC1. The number of carbonyl (C=O) groups is 1. The number of aromatic nitrogens is 1. The number of nitrogen functional groups attached to an aromatic ring is 1. The van der Waals surface area contributed by atoms with Crippen LogP contribution in [0.5, 0.6) is 0 Å². The van der Waals surface area contributed by atoms with Gasteiger partial charge in [-0.15, -0.1) is 0 Å². The smallest absolute Gasteiger partial charge is 0.337 e. The second kappa shape index (κ2) is 6.73. The number of carboxylic acids is 1. The lowest BCUT2D eigenvalue weighted by atomic mass is 10.2. The van der Waals surface area contributed by atoms with Crippen molar-refractivity contribution in [1.82, 2.24) is 14.8 Å². The van der Waals surface area contributed by atoms with E-state index in [0.29, 0.717) is 5.82 Å². The fraction of sp³-hybridized carbons (Fsp3) is 0.571. The summed E-state index contributed by atoms with van der Waals surface area (Å²) in [4.78, 5) is 22.1. The standard InChI is InChI=1S/C14H23N5O2/c1-17(2)3-4-18-5-7-19(8-6-18)13-9-11(14(20)21)12(15)10-16-13/h9-10H,3-8,15H2,1-2H3,(H,20,21). The number of nitrogens with two attached hydrogens (primary N) is 1. The molecule has 7 heteroatoms. The van der Waals surface area contributed by atoms with Crippen LogP contribution < -0.4 is 10.6 Å². The molecule has 1 aliphatic rings. The Labute approximate surface area is 125 Å². The van der Waals surface area contributed by atoms with Gasteiger partial charge in [-0.2, -0.15) is 0 Å². The second-order valence-electron chi connectivity index (χ2n) is 5.57. The topological polar surface area (TPSA) is 85.9 Å². The Kier molecular flexibility index (Phi) is 4.98. The average molecular weight is 293 g/mol. The molecule has 7 nitrogen and oxygen atoms in total. The van der Waals surface area contributed by atoms with E-state index in [1.54, 1.807) is 6.07 Å². The molecule has 0 amide bonds. The maximum absolute atomic E-state index is 11.1. The molecule has 0 radical (unpaired) electrons. The van der Waals surface area contributed by atoms with Crippen molar-refractivity contribution in [2.45, 2.75) is 0 Å². The van der Waals surface area contributed by atoms with Gasteiger partial charge in [0.2, 0.25) is 0 Å². The minimum Gasteiger partial charge on any atom is -0.478 e. The van der Waals surface area contributed by atoms with Crippen LogP contribution in [0.2, 0.25) is 0 Å². The Bertz CT molecular complexity index is 498. The Morgan fingerprint density at radius 1 is 1.38 bits per heavy atom. The van der Waals surface area contributed by atoms with Crippen LogP contribution >= 0.6 is 0 Å². The first-order valence-corrected chi connectivity index (χ1v) is 7.08. The summed E-state index contributed by atoms with van der Waals surface area (Å²) in [7, 11) is 4.14. The van der Waals surface area contributed by atoms with Crippen LogP contribution in [0, 0.1) is 0 Å². The van der Waals surface area contributed by atoms with E-state index in [0.717, 1.165) is 39.3 Å². The van der Waals surface area contributed by atoms with Gasteiger partial charge in [-0.1, -0.05) is 0 Å². The van der Waals surface area contributed by atoms with Crippen LogP contribution in [0.1, 0.15) is 10.4 Å². The lowest BCUT2D eigenvalue weighted by Gasteiger charge is -2.35. The largest absolute Gasteiger partial charge is 0.478 e. The molecule has 1 saturated heterocycles. The van der Waals surface area contributed by atoms with Gasteiger partial charge in [-0.25, -0.2) is 9.78 Å². The summed E-state index contributed by atoms with van der Waals surface area (Å²) in [5.74, 6) is -0.324. The molecule has 2 heterocycles. The monoisotopic (exact) mass is 293 g/mol. The van der Waals surface area contributed by atoms with Gasteiger partial charge in [-0.05, 0) is 20.2 Å². The number of piperazine rings is 1. The Balaban J connectivity index is 1.96. The number of hydrogen-bond acceptors (Lipinski definition) is 6. The summed E-state index contributed by atoms with van der Waals surface area (Å²) in [6, 6.07) is 1.56. The Hall–Kier alpha value is -1.86. The van der Waals surface area contributed by atoms with Crippen molar-refractivity contribution in [2.75, 3.05) is 64.0 Å². The van der Waals surface area contributed by atoms with Crippen LogP contribution in [0.25, 0.3) is 0 Å². The van der Waals surface area contributed by atoms with Gasteiger partial charge in [0.15, 0.2) is 0 Å². The quantitative estimate of drug-likeness (QED) is 0.793. The molecule has 1 fully saturated rings. The van der Waals surface area contributed by atoms with Crippen LogP contribution in [0.4, 0.5) is 11.5 Å². The van der Waals surface area contributed by atoms with E-state index in [1.165, 1.54) is 6.20 Å². The summed E-state index contributed by atoms with van der Waals surface area (Å²) in [6.07, 6.45) is 1.43. The molecule has 1 aliphatic heterocycles. The van der Waals surface area contributed by atoms with Gasteiger partial charge in [0.05, 0.1) is 17.4 Å². The van der Waals surface area contributed by atoms with E-state index in [1.807, 2.05) is 0 Å². The fourth-order valence-electron chi connectivity index (χ4n) is 2.36. The van der Waals surface area contributed by atoms with Crippen molar-refractivity contribution < 1.29 is 9.90 Å². The molecule has 1 aromatic heterocycles. The lowest BCUT2D eigenvalue weighted by Crippen LogP contribution is -2.48. The first-order valence-electron chi connectivity index (χ1n) is 7.08. The van der Waals surface area contributed by atoms with Gasteiger partial charge >= 0.3 is 5.97 Å². The van der Waals surface area contributed by atoms with Gasteiger partial charge < -0.3 is 20.6 Å². The van der Waals surface area contributed by atoms with E-state index < -0.39 is 5.97 Å². The molecule has 3 N–H and O–H groups in total. The maximum atomic E-state index is 11.1. The second-order valence-corrected chi connectivity index (χ2v) is 5.57. The van der Waals surface area contributed by atoms with Crippen molar-refractivity contribution in [3.8, 4) is 0 Å². The van der Waals surface area contributed by atoms with Crippen LogP contribution in [-0.4, -0.2) is 79.2 Å². The third-order valence-corrected chi connectivity index (χ3v) is 3.71. The summed E-state index contributed by atoms with van der Waals surface area (Å²) in [5.41, 5.74) is 5.96. The Morgan fingerprint density at radius 3 is 2.62 bits per heavy atom. The molecule has 0 saturated carbocycles. The van der Waals surface area contributed by atoms with Crippen molar-refractivity contribution >= 4 is 17.5 Å². The highest BCUT2D eigenvalue weighted by molar-refractivity contribution is 5.94. The van der Waals surface area contributed by atoms with Gasteiger partial charge in [0.25, 0.3) is 0 Å². The van der Waals surface area contributed by atoms with Crippen LogP contribution in [-0.2, 0) is 0 Å². The molecule has 0 bridgehead atoms. The zero-order chi connectivity index (χ0) is 15.4. The number of aromatic carboxylic acids is 1. The molecule has 0 atom stereocenters. The fourth-order valence-corrected chi connectivity index (χ4v) is 2.36. The molecule has 0 spiro atoms. The Morgan fingerprint density at radius 2 is 2.05 bits per heavy atom. The molecule has 116 valence electrons. The molecule has 0 unspecified atom stereocenters. The predicted octanol–water partition coefficient (Wildman–Crippen LogP) is 0.0456. The highest BCUT2D eigenvalue weighted by atomic mass is 16.4. The highest BCUT2D eigenvalue weighted by Crippen LogP contribution is 2.19. The molecular weight excluding hydrogens is 270 g/mol. The van der Waals surface area contributed by atoms with E-state index in [9.17, 15) is 4.79 Å². The van der Waals surface area contributed by atoms with Gasteiger partial charge in [0, 0.05) is 39.3 Å². The van der Waals surface area contributed by atoms with Crippen molar-refractivity contribution in [3.63, 3.8) is 0 Å². The van der Waals surface area contributed by atoms with Crippen molar-refractivity contribution in [1.29, 1.82) is 0 Å².